The second-order valence-corrected chi connectivity index (χ2v) is 8.01. The lowest BCUT2D eigenvalue weighted by molar-refractivity contribution is -0.137. The third-order valence-electron chi connectivity index (χ3n) is 3.90. The van der Waals surface area contributed by atoms with E-state index in [2.05, 4.69) is 42.0 Å². The number of carbonyl (C=O) groups excluding carboxylic acids is 1. The Kier molecular flexibility index (Phi) is 6.57. The average molecular weight is 444 g/mol. The van der Waals surface area contributed by atoms with Crippen LogP contribution in [0.5, 0.6) is 5.75 Å². The average Bonchev–Trinajstić information content (AvgIpc) is 2.57. The van der Waals surface area contributed by atoms with Crippen molar-refractivity contribution >= 4 is 21.8 Å². The van der Waals surface area contributed by atoms with E-state index in [-0.39, 0.29) is 18.6 Å². The zero-order valence-corrected chi connectivity index (χ0v) is 16.9. The SMILES string of the molecule is CC(C)(C)c1ccc(OCC(=O)NCc2cccc(C(F)(F)F)c2)c(Br)c1. The Balaban J connectivity index is 1.90. The minimum atomic E-state index is -4.41. The summed E-state index contributed by atoms with van der Waals surface area (Å²) in [5.74, 6) is 0.108. The van der Waals surface area contributed by atoms with Gasteiger partial charge in [0, 0.05) is 6.54 Å². The molecule has 1 N–H and O–H groups in total. The number of carbonyl (C=O) groups is 1. The Morgan fingerprint density at radius 2 is 1.78 bits per heavy atom. The van der Waals surface area contributed by atoms with Crippen molar-refractivity contribution < 1.29 is 22.7 Å². The lowest BCUT2D eigenvalue weighted by Gasteiger charge is -2.20. The Labute approximate surface area is 165 Å². The maximum Gasteiger partial charge on any atom is 0.416 e. The molecule has 1 amide bonds. The molecule has 27 heavy (non-hydrogen) atoms. The molecule has 0 aromatic heterocycles. The number of rotatable bonds is 5. The van der Waals surface area contributed by atoms with Gasteiger partial charge in [0.15, 0.2) is 6.61 Å². The molecule has 7 heteroatoms. The van der Waals surface area contributed by atoms with E-state index in [0.717, 1.165) is 22.2 Å². The molecule has 0 saturated carbocycles. The van der Waals surface area contributed by atoms with Crippen LogP contribution in [-0.4, -0.2) is 12.5 Å². The van der Waals surface area contributed by atoms with Crippen molar-refractivity contribution in [1.29, 1.82) is 0 Å². The highest BCUT2D eigenvalue weighted by molar-refractivity contribution is 9.10. The Bertz CT molecular complexity index is 814. The van der Waals surface area contributed by atoms with Crippen molar-refractivity contribution in [2.75, 3.05) is 6.61 Å². The molecule has 0 saturated heterocycles. The molecule has 0 unspecified atom stereocenters. The van der Waals surface area contributed by atoms with Crippen LogP contribution in [0.3, 0.4) is 0 Å². The third-order valence-corrected chi connectivity index (χ3v) is 4.52. The van der Waals surface area contributed by atoms with E-state index in [1.165, 1.54) is 12.1 Å². The molecule has 0 aliphatic carbocycles. The first kappa shape index (κ1) is 21.3. The molecule has 0 atom stereocenters. The summed E-state index contributed by atoms with van der Waals surface area (Å²) in [6, 6.07) is 10.5. The van der Waals surface area contributed by atoms with Gasteiger partial charge in [0.1, 0.15) is 5.75 Å². The Hall–Kier alpha value is -2.02. The Morgan fingerprint density at radius 3 is 2.37 bits per heavy atom. The molecule has 0 heterocycles. The van der Waals surface area contributed by atoms with Crippen molar-refractivity contribution in [3.05, 3.63) is 63.6 Å². The molecular weight excluding hydrogens is 423 g/mol. The van der Waals surface area contributed by atoms with E-state index >= 15 is 0 Å². The highest BCUT2D eigenvalue weighted by Crippen LogP contribution is 2.31. The van der Waals surface area contributed by atoms with Crippen molar-refractivity contribution in [1.82, 2.24) is 5.32 Å². The van der Waals surface area contributed by atoms with Gasteiger partial charge in [-0.3, -0.25) is 4.79 Å². The van der Waals surface area contributed by atoms with Gasteiger partial charge >= 0.3 is 6.18 Å². The number of ether oxygens (including phenoxy) is 1. The third kappa shape index (κ3) is 6.27. The molecule has 0 fully saturated rings. The van der Waals surface area contributed by atoms with Crippen LogP contribution in [0, 0.1) is 0 Å². The van der Waals surface area contributed by atoms with Crippen LogP contribution < -0.4 is 10.1 Å². The lowest BCUT2D eigenvalue weighted by atomic mass is 9.87. The summed E-state index contributed by atoms with van der Waals surface area (Å²) in [6.45, 7) is 6.05. The van der Waals surface area contributed by atoms with E-state index in [1.807, 2.05) is 12.1 Å². The van der Waals surface area contributed by atoms with Crippen molar-refractivity contribution in [2.45, 2.75) is 38.9 Å². The van der Waals surface area contributed by atoms with Gasteiger partial charge in [0.25, 0.3) is 5.91 Å². The van der Waals surface area contributed by atoms with Gasteiger partial charge in [-0.25, -0.2) is 0 Å². The van der Waals surface area contributed by atoms with Gasteiger partial charge in [0.05, 0.1) is 10.0 Å². The van der Waals surface area contributed by atoms with E-state index in [9.17, 15) is 18.0 Å². The molecule has 0 radical (unpaired) electrons. The molecule has 2 aromatic rings. The fourth-order valence-electron chi connectivity index (χ4n) is 2.34. The first-order valence-electron chi connectivity index (χ1n) is 8.32. The van der Waals surface area contributed by atoms with E-state index < -0.39 is 17.6 Å². The van der Waals surface area contributed by atoms with Gasteiger partial charge in [0.2, 0.25) is 0 Å². The molecule has 3 nitrogen and oxygen atoms in total. The van der Waals surface area contributed by atoms with Crippen molar-refractivity contribution in [3.63, 3.8) is 0 Å². The fourth-order valence-corrected chi connectivity index (χ4v) is 2.83. The van der Waals surface area contributed by atoms with Crippen LogP contribution in [0.1, 0.15) is 37.5 Å². The van der Waals surface area contributed by atoms with Gasteiger partial charge in [-0.05, 0) is 56.7 Å². The quantitative estimate of drug-likeness (QED) is 0.665. The summed E-state index contributed by atoms with van der Waals surface area (Å²) in [5, 5.41) is 2.56. The molecule has 146 valence electrons. The maximum atomic E-state index is 12.7. The largest absolute Gasteiger partial charge is 0.483 e. The maximum absolute atomic E-state index is 12.7. The van der Waals surface area contributed by atoms with E-state index in [1.54, 1.807) is 6.07 Å². The summed E-state index contributed by atoms with van der Waals surface area (Å²) in [4.78, 5) is 11.9. The first-order chi connectivity index (χ1) is 12.5. The molecule has 0 aliphatic rings. The number of halogens is 4. The highest BCUT2D eigenvalue weighted by Gasteiger charge is 2.30. The standard InChI is InChI=1S/C20H21BrF3NO2/c1-19(2,3)14-7-8-17(16(21)10-14)27-12-18(26)25-11-13-5-4-6-15(9-13)20(22,23)24/h4-10H,11-12H2,1-3H3,(H,25,26). The molecule has 0 bridgehead atoms. The second-order valence-electron chi connectivity index (χ2n) is 7.16. The van der Waals surface area contributed by atoms with Crippen molar-refractivity contribution in [3.8, 4) is 5.75 Å². The highest BCUT2D eigenvalue weighted by atomic mass is 79.9. The van der Waals surface area contributed by atoms with Crippen LogP contribution in [-0.2, 0) is 22.9 Å². The van der Waals surface area contributed by atoms with Crippen LogP contribution >= 0.6 is 15.9 Å². The van der Waals surface area contributed by atoms with Crippen molar-refractivity contribution in [2.24, 2.45) is 0 Å². The van der Waals surface area contributed by atoms with E-state index in [4.69, 9.17) is 4.74 Å². The summed E-state index contributed by atoms with van der Waals surface area (Å²) >= 11 is 3.43. The minimum absolute atomic E-state index is 0.00373. The van der Waals surface area contributed by atoms with Gasteiger partial charge in [-0.1, -0.05) is 39.0 Å². The predicted molar refractivity (Wildman–Crippen MR) is 102 cm³/mol. The number of alkyl halides is 3. The number of benzene rings is 2. The molecule has 0 aliphatic heterocycles. The first-order valence-corrected chi connectivity index (χ1v) is 9.12. The zero-order chi connectivity index (χ0) is 20.2. The monoisotopic (exact) mass is 443 g/mol. The Morgan fingerprint density at radius 1 is 1.07 bits per heavy atom. The van der Waals surface area contributed by atoms with E-state index in [0.29, 0.717) is 11.3 Å². The molecule has 0 spiro atoms. The molecule has 2 aromatic carbocycles. The number of amides is 1. The summed E-state index contributed by atoms with van der Waals surface area (Å²) < 4.78 is 44.3. The summed E-state index contributed by atoms with van der Waals surface area (Å²) in [6.07, 6.45) is -4.41. The topological polar surface area (TPSA) is 38.3 Å². The van der Waals surface area contributed by atoms with Crippen LogP contribution in [0.25, 0.3) is 0 Å². The minimum Gasteiger partial charge on any atom is -0.483 e. The normalized spacial score (nSPS) is 12.0. The fraction of sp³-hybridized carbons (Fsp3) is 0.350. The van der Waals surface area contributed by atoms with Gasteiger partial charge in [-0.15, -0.1) is 0 Å². The van der Waals surface area contributed by atoms with Gasteiger partial charge in [-0.2, -0.15) is 13.2 Å². The van der Waals surface area contributed by atoms with Crippen LogP contribution in [0.2, 0.25) is 0 Å². The number of hydrogen-bond acceptors (Lipinski definition) is 2. The lowest BCUT2D eigenvalue weighted by Crippen LogP contribution is -2.28. The molecule has 2 rings (SSSR count). The molecular formula is C20H21BrF3NO2. The van der Waals surface area contributed by atoms with Gasteiger partial charge < -0.3 is 10.1 Å². The summed E-state index contributed by atoms with van der Waals surface area (Å²) in [7, 11) is 0. The van der Waals surface area contributed by atoms with Crippen LogP contribution in [0.4, 0.5) is 13.2 Å². The number of nitrogens with one attached hydrogen (secondary N) is 1. The summed E-state index contributed by atoms with van der Waals surface area (Å²) in [5.41, 5.74) is 0.738. The number of hydrogen-bond donors (Lipinski definition) is 1. The second kappa shape index (κ2) is 8.33. The van der Waals surface area contributed by atoms with Crippen LogP contribution in [0.15, 0.2) is 46.9 Å². The smallest absolute Gasteiger partial charge is 0.416 e. The zero-order valence-electron chi connectivity index (χ0n) is 15.3. The predicted octanol–water partition coefficient (Wildman–Crippen LogP) is 5.46.